The Labute approximate surface area is 194 Å². The van der Waals surface area contributed by atoms with Gasteiger partial charge in [0.1, 0.15) is 17.0 Å². The van der Waals surface area contributed by atoms with Crippen molar-refractivity contribution in [2.24, 2.45) is 0 Å². The normalized spacial score (nSPS) is 18.9. The molecule has 0 spiro atoms. The summed E-state index contributed by atoms with van der Waals surface area (Å²) in [5.41, 5.74) is 8.13. The predicted octanol–water partition coefficient (Wildman–Crippen LogP) is 7.56. The maximum absolute atomic E-state index is 6.44. The molecule has 7 aromatic rings. The zero-order valence-electron chi connectivity index (χ0n) is 18.2. The highest BCUT2D eigenvalue weighted by molar-refractivity contribution is 6.28. The fraction of sp³-hybridized carbons (Fsp3) is 0.0667. The second kappa shape index (κ2) is 5.72. The van der Waals surface area contributed by atoms with E-state index >= 15 is 0 Å². The molecule has 2 aliphatic rings. The Bertz CT molecular complexity index is 1990. The highest BCUT2D eigenvalue weighted by atomic mass is 16.3. The number of rotatable bonds is 0. The average molecular weight is 438 g/mol. The average Bonchev–Trinajstić information content (AvgIpc) is 3.53. The van der Waals surface area contributed by atoms with Crippen LogP contribution < -0.4 is 10.6 Å². The van der Waals surface area contributed by atoms with E-state index in [-0.39, 0.29) is 12.1 Å². The molecule has 3 aromatic heterocycles. The summed E-state index contributed by atoms with van der Waals surface area (Å²) in [7, 11) is 0. The Kier molecular flexibility index (Phi) is 2.88. The first-order valence-corrected chi connectivity index (χ1v) is 11.8. The van der Waals surface area contributed by atoms with Crippen LogP contribution in [0.15, 0.2) is 89.4 Å². The van der Waals surface area contributed by atoms with Gasteiger partial charge in [0, 0.05) is 21.5 Å². The van der Waals surface area contributed by atoms with Crippen LogP contribution in [0, 0.1) is 0 Å². The molecule has 2 N–H and O–H groups in total. The third-order valence-corrected chi connectivity index (χ3v) is 7.80. The molecule has 160 valence electrons. The fourth-order valence-electron chi connectivity index (χ4n) is 6.36. The van der Waals surface area contributed by atoms with Crippen LogP contribution in [0.1, 0.15) is 17.2 Å². The van der Waals surface area contributed by atoms with E-state index in [1.165, 1.54) is 54.8 Å². The minimum absolute atomic E-state index is 0.186. The fourth-order valence-corrected chi connectivity index (χ4v) is 6.36. The van der Waals surface area contributed by atoms with Gasteiger partial charge in [0.25, 0.3) is 0 Å². The van der Waals surface area contributed by atoms with E-state index in [1.54, 1.807) is 0 Å². The molecule has 4 aromatic carbocycles. The lowest BCUT2D eigenvalue weighted by atomic mass is 9.88. The molecule has 0 radical (unpaired) electrons. The van der Waals surface area contributed by atoms with Crippen molar-refractivity contribution < 1.29 is 4.42 Å². The predicted molar refractivity (Wildman–Crippen MR) is 140 cm³/mol. The Morgan fingerprint density at radius 2 is 1.59 bits per heavy atom. The number of benzene rings is 4. The summed E-state index contributed by atoms with van der Waals surface area (Å²) in [5, 5.41) is 13.8. The number of nitrogens with zero attached hydrogens (tertiary/aromatic N) is 1. The summed E-state index contributed by atoms with van der Waals surface area (Å²) in [6.45, 7) is 0. The highest BCUT2D eigenvalue weighted by Crippen LogP contribution is 2.49. The molecule has 1 aliphatic carbocycles. The van der Waals surface area contributed by atoms with Crippen LogP contribution >= 0.6 is 0 Å². The first kappa shape index (κ1) is 17.1. The summed E-state index contributed by atoms with van der Waals surface area (Å²) in [6, 6.07) is 28.4. The summed E-state index contributed by atoms with van der Waals surface area (Å²) in [5.74, 6) is 1.13. The number of anilines is 2. The van der Waals surface area contributed by atoms with Gasteiger partial charge in [-0.1, -0.05) is 72.8 Å². The van der Waals surface area contributed by atoms with Crippen LogP contribution in [0.25, 0.3) is 55.2 Å². The second-order valence-electron chi connectivity index (χ2n) is 9.48. The monoisotopic (exact) mass is 437 g/mol. The minimum atomic E-state index is 0.186. The van der Waals surface area contributed by atoms with Crippen LogP contribution in [0.2, 0.25) is 0 Å². The molecule has 4 heterocycles. The standard InChI is InChI=1S/C30H19N3O/c1-2-7-17-16(6-1)12-14-22-26(17)32-27-21-10-5-9-20-25-23(33(28(20)21)30(27)31-22)15-13-19-18-8-3-4-11-24(18)34-29(19)25/h1-15,22,26,31-32H. The molecule has 0 fully saturated rings. The topological polar surface area (TPSA) is 41.6 Å². The van der Waals surface area contributed by atoms with Crippen LogP contribution in [-0.4, -0.2) is 10.4 Å². The van der Waals surface area contributed by atoms with Crippen LogP contribution in [0.4, 0.5) is 11.5 Å². The van der Waals surface area contributed by atoms with Crippen LogP contribution in [0.5, 0.6) is 0 Å². The molecule has 0 saturated heterocycles. The Morgan fingerprint density at radius 1 is 0.735 bits per heavy atom. The van der Waals surface area contributed by atoms with Gasteiger partial charge >= 0.3 is 0 Å². The van der Waals surface area contributed by atoms with E-state index in [4.69, 9.17) is 4.42 Å². The van der Waals surface area contributed by atoms with Gasteiger partial charge in [0.2, 0.25) is 0 Å². The molecule has 2 unspecified atom stereocenters. The quantitative estimate of drug-likeness (QED) is 0.257. The first-order valence-electron chi connectivity index (χ1n) is 11.8. The van der Waals surface area contributed by atoms with Crippen molar-refractivity contribution in [1.29, 1.82) is 0 Å². The van der Waals surface area contributed by atoms with E-state index < -0.39 is 0 Å². The smallest absolute Gasteiger partial charge is 0.145 e. The number of para-hydroxylation sites is 2. The molecular formula is C30H19N3O. The van der Waals surface area contributed by atoms with Crippen molar-refractivity contribution in [3.63, 3.8) is 0 Å². The van der Waals surface area contributed by atoms with Gasteiger partial charge in [-0.2, -0.15) is 0 Å². The van der Waals surface area contributed by atoms with Gasteiger partial charge in [-0.15, -0.1) is 0 Å². The van der Waals surface area contributed by atoms with Gasteiger partial charge in [-0.25, -0.2) is 0 Å². The van der Waals surface area contributed by atoms with Crippen molar-refractivity contribution in [2.45, 2.75) is 12.1 Å². The zero-order valence-corrected chi connectivity index (χ0v) is 18.2. The lowest BCUT2D eigenvalue weighted by molar-refractivity contribution is 0.673. The molecule has 1 aliphatic heterocycles. The van der Waals surface area contributed by atoms with Crippen molar-refractivity contribution in [1.82, 2.24) is 4.40 Å². The third kappa shape index (κ3) is 1.88. The molecule has 4 heteroatoms. The molecule has 0 saturated carbocycles. The van der Waals surface area contributed by atoms with E-state index in [2.05, 4.69) is 100.0 Å². The first-order chi connectivity index (χ1) is 16.9. The number of aromatic nitrogens is 1. The van der Waals surface area contributed by atoms with Crippen LogP contribution in [-0.2, 0) is 0 Å². The number of furan rings is 1. The second-order valence-corrected chi connectivity index (χ2v) is 9.48. The highest BCUT2D eigenvalue weighted by Gasteiger charge is 2.35. The van der Waals surface area contributed by atoms with E-state index in [0.29, 0.717) is 0 Å². The lowest BCUT2D eigenvalue weighted by Gasteiger charge is -2.36. The maximum Gasteiger partial charge on any atom is 0.145 e. The summed E-state index contributed by atoms with van der Waals surface area (Å²) in [4.78, 5) is 0. The van der Waals surface area contributed by atoms with E-state index in [1.807, 2.05) is 6.07 Å². The molecule has 2 atom stereocenters. The Morgan fingerprint density at radius 3 is 2.59 bits per heavy atom. The third-order valence-electron chi connectivity index (χ3n) is 7.80. The minimum Gasteiger partial charge on any atom is -0.455 e. The molecule has 34 heavy (non-hydrogen) atoms. The zero-order chi connectivity index (χ0) is 22.0. The summed E-state index contributed by atoms with van der Waals surface area (Å²) in [6.07, 6.45) is 4.52. The van der Waals surface area contributed by atoms with Gasteiger partial charge in [-0.3, -0.25) is 4.40 Å². The van der Waals surface area contributed by atoms with Gasteiger partial charge in [0.05, 0.1) is 34.2 Å². The van der Waals surface area contributed by atoms with Crippen LogP contribution in [0.3, 0.4) is 0 Å². The number of hydrogen-bond donors (Lipinski definition) is 2. The maximum atomic E-state index is 6.44. The van der Waals surface area contributed by atoms with Gasteiger partial charge < -0.3 is 15.1 Å². The van der Waals surface area contributed by atoms with E-state index in [0.717, 1.165) is 17.0 Å². The largest absolute Gasteiger partial charge is 0.455 e. The van der Waals surface area contributed by atoms with Gasteiger partial charge in [0.15, 0.2) is 0 Å². The molecule has 0 bridgehead atoms. The van der Waals surface area contributed by atoms with Crippen molar-refractivity contribution >= 4 is 66.7 Å². The summed E-state index contributed by atoms with van der Waals surface area (Å²) >= 11 is 0. The van der Waals surface area contributed by atoms with Crippen molar-refractivity contribution in [3.8, 4) is 0 Å². The van der Waals surface area contributed by atoms with Crippen molar-refractivity contribution in [2.75, 3.05) is 10.6 Å². The Balaban J connectivity index is 1.38. The molecular weight excluding hydrogens is 418 g/mol. The molecule has 0 amide bonds. The lowest BCUT2D eigenvalue weighted by Crippen LogP contribution is -2.37. The van der Waals surface area contributed by atoms with Crippen molar-refractivity contribution in [3.05, 3.63) is 96.1 Å². The number of nitrogens with one attached hydrogen (secondary N) is 2. The number of hydrogen-bond acceptors (Lipinski definition) is 3. The van der Waals surface area contributed by atoms with E-state index in [9.17, 15) is 0 Å². The molecule has 9 rings (SSSR count). The number of fused-ring (bicyclic) bond motifs is 13. The van der Waals surface area contributed by atoms with Gasteiger partial charge in [-0.05, 0) is 29.3 Å². The molecule has 4 nitrogen and oxygen atoms in total. The Hall–Kier alpha value is -4.44. The summed E-state index contributed by atoms with van der Waals surface area (Å²) < 4.78 is 8.82. The SMILES string of the molecule is C1=CC2Nc3c(c4cccc5c6c7oc8ccccc8c7ccc6n3c45)NC2c2ccccc21.